The first kappa shape index (κ1) is 12.1. The fourth-order valence-electron chi connectivity index (χ4n) is 2.31. The molecule has 19 heavy (non-hydrogen) atoms. The van der Waals surface area contributed by atoms with Crippen LogP contribution in [-0.4, -0.2) is 12.1 Å². The Morgan fingerprint density at radius 3 is 2.89 bits per heavy atom. The van der Waals surface area contributed by atoms with Crippen LogP contribution in [0.5, 0.6) is 5.75 Å². The zero-order valence-electron chi connectivity index (χ0n) is 10.6. The van der Waals surface area contributed by atoms with Gasteiger partial charge < -0.3 is 9.72 Å². The molecule has 0 aliphatic heterocycles. The number of nitrogens with one attached hydrogen (secondary N) is 1. The summed E-state index contributed by atoms with van der Waals surface area (Å²) in [4.78, 5) is 3.26. The molecule has 0 atom stereocenters. The summed E-state index contributed by atoms with van der Waals surface area (Å²) in [7, 11) is 1.69. The summed E-state index contributed by atoms with van der Waals surface area (Å²) in [6.45, 7) is 0. The number of fused-ring (bicyclic) bond motifs is 1. The van der Waals surface area contributed by atoms with Crippen molar-refractivity contribution in [2.75, 3.05) is 7.11 Å². The Bertz CT molecular complexity index is 718. The average Bonchev–Trinajstić information content (AvgIpc) is 2.81. The number of aromatic nitrogens is 1. The number of rotatable bonds is 3. The van der Waals surface area contributed by atoms with Gasteiger partial charge in [0.15, 0.2) is 0 Å². The summed E-state index contributed by atoms with van der Waals surface area (Å²) in [6, 6.07) is 14.1. The van der Waals surface area contributed by atoms with E-state index in [-0.39, 0.29) is 0 Å². The first-order valence-corrected chi connectivity index (χ1v) is 6.52. The van der Waals surface area contributed by atoms with E-state index in [4.69, 9.17) is 16.3 Å². The van der Waals surface area contributed by atoms with E-state index in [1.807, 2.05) is 30.5 Å². The molecule has 0 radical (unpaired) electrons. The summed E-state index contributed by atoms with van der Waals surface area (Å²) < 4.78 is 5.25. The lowest BCUT2D eigenvalue weighted by Crippen LogP contribution is -1.89. The molecule has 3 aromatic rings. The quantitative estimate of drug-likeness (QED) is 0.749. The van der Waals surface area contributed by atoms with E-state index in [1.54, 1.807) is 7.11 Å². The zero-order chi connectivity index (χ0) is 13.2. The second-order valence-corrected chi connectivity index (χ2v) is 4.97. The lowest BCUT2D eigenvalue weighted by atomic mass is 10.0. The summed E-state index contributed by atoms with van der Waals surface area (Å²) in [5.41, 5.74) is 3.57. The molecule has 0 aliphatic carbocycles. The molecule has 96 valence electrons. The SMILES string of the molecule is COc1cccc(Cc2c[nH]c3cc(Cl)ccc23)c1. The fourth-order valence-corrected chi connectivity index (χ4v) is 2.48. The minimum absolute atomic E-state index is 0.752. The molecule has 0 bridgehead atoms. The lowest BCUT2D eigenvalue weighted by molar-refractivity contribution is 0.414. The first-order valence-electron chi connectivity index (χ1n) is 6.15. The van der Waals surface area contributed by atoms with Gasteiger partial charge in [0.25, 0.3) is 0 Å². The normalized spacial score (nSPS) is 10.8. The summed E-state index contributed by atoms with van der Waals surface area (Å²) in [5.74, 6) is 0.889. The fraction of sp³-hybridized carbons (Fsp3) is 0.125. The maximum Gasteiger partial charge on any atom is 0.119 e. The third-order valence-electron chi connectivity index (χ3n) is 3.26. The average molecular weight is 272 g/mol. The van der Waals surface area contributed by atoms with Crippen molar-refractivity contribution in [2.24, 2.45) is 0 Å². The van der Waals surface area contributed by atoms with Gasteiger partial charge in [-0.1, -0.05) is 29.8 Å². The van der Waals surface area contributed by atoms with Crippen LogP contribution < -0.4 is 4.74 Å². The van der Waals surface area contributed by atoms with Crippen molar-refractivity contribution in [2.45, 2.75) is 6.42 Å². The number of H-pyrrole nitrogens is 1. The predicted molar refractivity (Wildman–Crippen MR) is 79.1 cm³/mol. The van der Waals surface area contributed by atoms with E-state index in [0.717, 1.165) is 22.7 Å². The molecular formula is C16H14ClNO. The van der Waals surface area contributed by atoms with E-state index in [9.17, 15) is 0 Å². The van der Waals surface area contributed by atoms with Gasteiger partial charge in [-0.2, -0.15) is 0 Å². The predicted octanol–water partition coefficient (Wildman–Crippen LogP) is 4.42. The molecule has 0 saturated carbocycles. The molecule has 0 aliphatic rings. The van der Waals surface area contributed by atoms with Crippen molar-refractivity contribution in [1.82, 2.24) is 4.98 Å². The minimum atomic E-state index is 0.752. The van der Waals surface area contributed by atoms with Crippen LogP contribution in [0.1, 0.15) is 11.1 Å². The van der Waals surface area contributed by atoms with Gasteiger partial charge in [0, 0.05) is 22.1 Å². The van der Waals surface area contributed by atoms with Crippen LogP contribution >= 0.6 is 11.6 Å². The van der Waals surface area contributed by atoms with Crippen molar-refractivity contribution >= 4 is 22.5 Å². The van der Waals surface area contributed by atoms with Crippen LogP contribution in [0.3, 0.4) is 0 Å². The van der Waals surface area contributed by atoms with E-state index in [1.165, 1.54) is 16.5 Å². The maximum atomic E-state index is 5.99. The molecule has 0 unspecified atom stereocenters. The van der Waals surface area contributed by atoms with Gasteiger partial charge in [-0.15, -0.1) is 0 Å². The Morgan fingerprint density at radius 1 is 1.16 bits per heavy atom. The molecule has 0 spiro atoms. The molecule has 3 heteroatoms. The number of hydrogen-bond acceptors (Lipinski definition) is 1. The van der Waals surface area contributed by atoms with Crippen LogP contribution in [0.2, 0.25) is 5.02 Å². The second-order valence-electron chi connectivity index (χ2n) is 4.53. The number of methoxy groups -OCH3 is 1. The monoisotopic (exact) mass is 271 g/mol. The minimum Gasteiger partial charge on any atom is -0.497 e. The number of benzene rings is 2. The molecule has 0 saturated heterocycles. The Morgan fingerprint density at radius 2 is 2.05 bits per heavy atom. The summed E-state index contributed by atoms with van der Waals surface area (Å²) >= 11 is 5.99. The molecule has 2 aromatic carbocycles. The van der Waals surface area contributed by atoms with Gasteiger partial charge in [0.05, 0.1) is 7.11 Å². The van der Waals surface area contributed by atoms with Gasteiger partial charge in [-0.05, 0) is 41.8 Å². The second kappa shape index (κ2) is 4.98. The van der Waals surface area contributed by atoms with Gasteiger partial charge in [-0.3, -0.25) is 0 Å². The highest BCUT2D eigenvalue weighted by atomic mass is 35.5. The number of hydrogen-bond donors (Lipinski definition) is 1. The third-order valence-corrected chi connectivity index (χ3v) is 3.49. The topological polar surface area (TPSA) is 25.0 Å². The van der Waals surface area contributed by atoms with Crippen LogP contribution in [0.15, 0.2) is 48.7 Å². The van der Waals surface area contributed by atoms with Crippen molar-refractivity contribution < 1.29 is 4.74 Å². The largest absolute Gasteiger partial charge is 0.497 e. The standard InChI is InChI=1S/C16H14ClNO/c1-19-14-4-2-3-11(8-14)7-12-10-18-16-9-13(17)5-6-15(12)16/h2-6,8-10,18H,7H2,1H3. The van der Waals surface area contributed by atoms with E-state index in [0.29, 0.717) is 0 Å². The number of aromatic amines is 1. The van der Waals surface area contributed by atoms with Gasteiger partial charge in [-0.25, -0.2) is 0 Å². The van der Waals surface area contributed by atoms with Gasteiger partial charge >= 0.3 is 0 Å². The molecule has 3 rings (SSSR count). The van der Waals surface area contributed by atoms with Crippen LogP contribution in [0.25, 0.3) is 10.9 Å². The van der Waals surface area contributed by atoms with Gasteiger partial charge in [0.1, 0.15) is 5.75 Å². The Hall–Kier alpha value is -1.93. The highest BCUT2D eigenvalue weighted by Crippen LogP contribution is 2.25. The van der Waals surface area contributed by atoms with Crippen LogP contribution in [0.4, 0.5) is 0 Å². The van der Waals surface area contributed by atoms with Crippen LogP contribution in [-0.2, 0) is 6.42 Å². The lowest BCUT2D eigenvalue weighted by Gasteiger charge is -2.04. The number of halogens is 1. The van der Waals surface area contributed by atoms with E-state index < -0.39 is 0 Å². The zero-order valence-corrected chi connectivity index (χ0v) is 11.4. The third kappa shape index (κ3) is 2.45. The van der Waals surface area contributed by atoms with Crippen molar-refractivity contribution in [3.8, 4) is 5.75 Å². The molecule has 0 amide bonds. The van der Waals surface area contributed by atoms with E-state index >= 15 is 0 Å². The summed E-state index contributed by atoms with van der Waals surface area (Å²) in [5, 5.41) is 1.97. The first-order chi connectivity index (χ1) is 9.26. The maximum absolute atomic E-state index is 5.99. The molecular weight excluding hydrogens is 258 g/mol. The highest BCUT2D eigenvalue weighted by molar-refractivity contribution is 6.31. The number of ether oxygens (including phenoxy) is 1. The Balaban J connectivity index is 1.96. The van der Waals surface area contributed by atoms with E-state index in [2.05, 4.69) is 23.2 Å². The molecule has 0 fully saturated rings. The smallest absolute Gasteiger partial charge is 0.119 e. The molecule has 2 nitrogen and oxygen atoms in total. The summed E-state index contributed by atoms with van der Waals surface area (Å²) in [6.07, 6.45) is 2.92. The van der Waals surface area contributed by atoms with Crippen molar-refractivity contribution in [3.63, 3.8) is 0 Å². The molecule has 1 heterocycles. The van der Waals surface area contributed by atoms with Gasteiger partial charge in [0.2, 0.25) is 0 Å². The van der Waals surface area contributed by atoms with Crippen molar-refractivity contribution in [3.05, 3.63) is 64.8 Å². The Kier molecular flexibility index (Phi) is 3.18. The Labute approximate surface area is 117 Å². The van der Waals surface area contributed by atoms with Crippen molar-refractivity contribution in [1.29, 1.82) is 0 Å². The highest BCUT2D eigenvalue weighted by Gasteiger charge is 2.05. The van der Waals surface area contributed by atoms with Crippen LogP contribution in [0, 0.1) is 0 Å². The molecule has 1 N–H and O–H groups in total. The molecule has 1 aromatic heterocycles.